The molecule has 3 heteroatoms. The van der Waals surface area contributed by atoms with Crippen LogP contribution in [0.4, 0.5) is 5.69 Å². The lowest BCUT2D eigenvalue weighted by atomic mass is 10.1. The maximum absolute atomic E-state index is 3.39. The van der Waals surface area contributed by atoms with Gasteiger partial charge >= 0.3 is 0 Å². The van der Waals surface area contributed by atoms with E-state index in [1.54, 1.807) is 0 Å². The molecule has 0 saturated heterocycles. The first kappa shape index (κ1) is 15.1. The summed E-state index contributed by atoms with van der Waals surface area (Å²) < 4.78 is 0. The van der Waals surface area contributed by atoms with Crippen molar-refractivity contribution in [1.82, 2.24) is 5.32 Å². The van der Waals surface area contributed by atoms with E-state index in [1.807, 2.05) is 11.3 Å². The average Bonchev–Trinajstić information content (AvgIpc) is 2.98. The molecule has 0 radical (unpaired) electrons. The monoisotopic (exact) mass is 288 g/mol. The summed E-state index contributed by atoms with van der Waals surface area (Å²) in [6.07, 6.45) is 0. The van der Waals surface area contributed by atoms with Crippen LogP contribution in [0.5, 0.6) is 0 Å². The number of thiophene rings is 1. The van der Waals surface area contributed by atoms with E-state index in [4.69, 9.17) is 0 Å². The van der Waals surface area contributed by atoms with Crippen LogP contribution in [0.25, 0.3) is 0 Å². The highest BCUT2D eigenvalue weighted by Crippen LogP contribution is 2.29. The Labute approximate surface area is 126 Å². The molecule has 108 valence electrons. The number of nitrogens with one attached hydrogen (secondary N) is 1. The molecule has 20 heavy (non-hydrogen) atoms. The summed E-state index contributed by atoms with van der Waals surface area (Å²) >= 11 is 1.82. The normalized spacial score (nSPS) is 12.4. The van der Waals surface area contributed by atoms with Gasteiger partial charge in [-0.1, -0.05) is 19.1 Å². The number of benzene rings is 1. The number of rotatable bonds is 6. The lowest BCUT2D eigenvalue weighted by molar-refractivity contribution is 0.721. The van der Waals surface area contributed by atoms with Crippen LogP contribution in [0.1, 0.15) is 35.9 Å². The zero-order valence-corrected chi connectivity index (χ0v) is 13.6. The van der Waals surface area contributed by atoms with Crippen molar-refractivity contribution < 1.29 is 0 Å². The maximum Gasteiger partial charge on any atom is 0.0603 e. The van der Waals surface area contributed by atoms with E-state index in [1.165, 1.54) is 21.7 Å². The molecular weight excluding hydrogens is 264 g/mol. The third kappa shape index (κ3) is 3.41. The number of hydrogen-bond donors (Lipinski definition) is 1. The van der Waals surface area contributed by atoms with Gasteiger partial charge in [0.25, 0.3) is 0 Å². The third-order valence-electron chi connectivity index (χ3n) is 3.83. The lowest BCUT2D eigenvalue weighted by Crippen LogP contribution is -2.21. The zero-order chi connectivity index (χ0) is 14.5. The van der Waals surface area contributed by atoms with E-state index in [0.717, 1.165) is 13.1 Å². The molecule has 2 nitrogen and oxygen atoms in total. The summed E-state index contributed by atoms with van der Waals surface area (Å²) in [5, 5.41) is 5.53. The number of anilines is 1. The van der Waals surface area contributed by atoms with Crippen LogP contribution >= 0.6 is 11.3 Å². The Balaban J connectivity index is 2.14. The van der Waals surface area contributed by atoms with Crippen LogP contribution in [0.3, 0.4) is 0 Å². The summed E-state index contributed by atoms with van der Waals surface area (Å²) in [6, 6.07) is 11.5. The molecule has 0 fully saturated rings. The Kier molecular flexibility index (Phi) is 5.21. The molecule has 0 spiro atoms. The van der Waals surface area contributed by atoms with Crippen LogP contribution < -0.4 is 10.2 Å². The molecule has 1 unspecified atom stereocenters. The SMILES string of the molecule is CCNCc1ccc(N(C)C(C)c2cccs2)cc1C. The van der Waals surface area contributed by atoms with E-state index in [9.17, 15) is 0 Å². The molecule has 1 aromatic heterocycles. The van der Waals surface area contributed by atoms with Gasteiger partial charge in [-0.25, -0.2) is 0 Å². The van der Waals surface area contributed by atoms with Crippen molar-refractivity contribution in [3.63, 3.8) is 0 Å². The van der Waals surface area contributed by atoms with Crippen LogP contribution in [0.15, 0.2) is 35.7 Å². The van der Waals surface area contributed by atoms with Gasteiger partial charge in [-0.15, -0.1) is 11.3 Å². The number of aryl methyl sites for hydroxylation is 1. The van der Waals surface area contributed by atoms with Crippen molar-refractivity contribution in [2.75, 3.05) is 18.5 Å². The Morgan fingerprint density at radius 1 is 1.30 bits per heavy atom. The van der Waals surface area contributed by atoms with E-state index in [0.29, 0.717) is 6.04 Å². The summed E-state index contributed by atoms with van der Waals surface area (Å²) in [6.45, 7) is 8.55. The number of nitrogens with zero attached hydrogens (tertiary/aromatic N) is 1. The first-order chi connectivity index (χ1) is 9.63. The third-order valence-corrected chi connectivity index (χ3v) is 4.88. The van der Waals surface area contributed by atoms with Crippen LogP contribution in [0, 0.1) is 6.92 Å². The van der Waals surface area contributed by atoms with Crippen LogP contribution in [0.2, 0.25) is 0 Å². The van der Waals surface area contributed by atoms with E-state index < -0.39 is 0 Å². The van der Waals surface area contributed by atoms with Gasteiger partial charge in [0.15, 0.2) is 0 Å². The molecule has 0 aliphatic rings. The fraction of sp³-hybridized carbons (Fsp3) is 0.412. The van der Waals surface area contributed by atoms with Crippen LogP contribution in [-0.4, -0.2) is 13.6 Å². The van der Waals surface area contributed by atoms with Crippen molar-refractivity contribution >= 4 is 17.0 Å². The minimum Gasteiger partial charge on any atom is -0.367 e. The second-order valence-electron chi connectivity index (χ2n) is 5.19. The maximum atomic E-state index is 3.39. The Morgan fingerprint density at radius 3 is 2.70 bits per heavy atom. The largest absolute Gasteiger partial charge is 0.367 e. The summed E-state index contributed by atoms with van der Waals surface area (Å²) in [5.74, 6) is 0. The van der Waals surface area contributed by atoms with E-state index in [2.05, 4.69) is 73.7 Å². The predicted molar refractivity (Wildman–Crippen MR) is 89.7 cm³/mol. The van der Waals surface area contributed by atoms with Crippen molar-refractivity contribution in [3.8, 4) is 0 Å². The topological polar surface area (TPSA) is 15.3 Å². The van der Waals surface area contributed by atoms with E-state index in [-0.39, 0.29) is 0 Å². The highest BCUT2D eigenvalue weighted by Gasteiger charge is 2.13. The molecule has 0 aliphatic carbocycles. The Bertz CT molecular complexity index is 534. The van der Waals surface area contributed by atoms with Gasteiger partial charge in [-0.3, -0.25) is 0 Å². The fourth-order valence-electron chi connectivity index (χ4n) is 2.30. The van der Waals surface area contributed by atoms with Gasteiger partial charge in [-0.05, 0) is 55.1 Å². The molecule has 0 aliphatic heterocycles. The molecule has 1 aromatic carbocycles. The molecule has 1 heterocycles. The summed E-state index contributed by atoms with van der Waals surface area (Å²) in [5.41, 5.74) is 4.02. The van der Waals surface area contributed by atoms with Crippen molar-refractivity contribution in [2.24, 2.45) is 0 Å². The Hall–Kier alpha value is -1.32. The van der Waals surface area contributed by atoms with Crippen molar-refractivity contribution in [3.05, 3.63) is 51.7 Å². The van der Waals surface area contributed by atoms with E-state index >= 15 is 0 Å². The van der Waals surface area contributed by atoms with Gasteiger partial charge in [-0.2, -0.15) is 0 Å². The molecule has 0 saturated carbocycles. The van der Waals surface area contributed by atoms with Gasteiger partial charge in [0, 0.05) is 24.2 Å². The molecule has 0 bridgehead atoms. The molecule has 1 atom stereocenters. The molecule has 2 rings (SSSR count). The summed E-state index contributed by atoms with van der Waals surface area (Å²) in [4.78, 5) is 3.75. The molecule has 1 N–H and O–H groups in total. The van der Waals surface area contributed by atoms with Crippen LogP contribution in [-0.2, 0) is 6.54 Å². The molecular formula is C17H24N2S. The second kappa shape index (κ2) is 6.91. The van der Waals surface area contributed by atoms with Crippen molar-refractivity contribution in [2.45, 2.75) is 33.4 Å². The minimum atomic E-state index is 0.411. The first-order valence-corrected chi connectivity index (χ1v) is 8.08. The molecule has 2 aromatic rings. The summed E-state index contributed by atoms with van der Waals surface area (Å²) in [7, 11) is 2.17. The quantitative estimate of drug-likeness (QED) is 0.849. The highest BCUT2D eigenvalue weighted by molar-refractivity contribution is 7.10. The highest BCUT2D eigenvalue weighted by atomic mass is 32.1. The second-order valence-corrected chi connectivity index (χ2v) is 6.17. The van der Waals surface area contributed by atoms with Gasteiger partial charge < -0.3 is 10.2 Å². The minimum absolute atomic E-state index is 0.411. The number of hydrogen-bond acceptors (Lipinski definition) is 3. The zero-order valence-electron chi connectivity index (χ0n) is 12.8. The van der Waals surface area contributed by atoms with Gasteiger partial charge in [0.2, 0.25) is 0 Å². The standard InChI is InChI=1S/C17H24N2S/c1-5-18-12-15-8-9-16(11-13(15)2)19(4)14(3)17-7-6-10-20-17/h6-11,14,18H,5,12H2,1-4H3. The van der Waals surface area contributed by atoms with Gasteiger partial charge in [0.05, 0.1) is 6.04 Å². The lowest BCUT2D eigenvalue weighted by Gasteiger charge is -2.27. The first-order valence-electron chi connectivity index (χ1n) is 7.20. The smallest absolute Gasteiger partial charge is 0.0603 e. The fourth-order valence-corrected chi connectivity index (χ4v) is 3.13. The Morgan fingerprint density at radius 2 is 2.10 bits per heavy atom. The molecule has 0 amide bonds. The van der Waals surface area contributed by atoms with Gasteiger partial charge in [0.1, 0.15) is 0 Å². The predicted octanol–water partition coefficient (Wildman–Crippen LogP) is 4.36. The van der Waals surface area contributed by atoms with Crippen molar-refractivity contribution in [1.29, 1.82) is 0 Å². The average molecular weight is 288 g/mol.